The molecule has 0 spiro atoms. The molecule has 0 bridgehead atoms. The number of anilines is 1. The molecule has 0 aliphatic carbocycles. The van der Waals surface area contributed by atoms with E-state index in [1.54, 1.807) is 48.2 Å². The molecule has 37 heavy (non-hydrogen) atoms. The maximum absolute atomic E-state index is 13.9. The largest absolute Gasteiger partial charge is 0.416 e. The fraction of sp³-hybridized carbons (Fsp3) is 0.286. The van der Waals surface area contributed by atoms with E-state index >= 15 is 0 Å². The van der Waals surface area contributed by atoms with E-state index in [-0.39, 0.29) is 36.8 Å². The predicted molar refractivity (Wildman–Crippen MR) is 132 cm³/mol. The van der Waals surface area contributed by atoms with Gasteiger partial charge in [-0.25, -0.2) is 9.18 Å². The van der Waals surface area contributed by atoms with Crippen LogP contribution < -0.4 is 10.6 Å². The molecule has 5 nitrogen and oxygen atoms in total. The van der Waals surface area contributed by atoms with Crippen molar-refractivity contribution < 1.29 is 27.2 Å². The second kappa shape index (κ2) is 11.0. The van der Waals surface area contributed by atoms with Gasteiger partial charge in [-0.05, 0) is 60.4 Å². The van der Waals surface area contributed by atoms with Crippen LogP contribution in [0.25, 0.3) is 0 Å². The Bertz CT molecular complexity index is 1260. The number of nitrogens with zero attached hydrogens (tertiary/aromatic N) is 1. The van der Waals surface area contributed by atoms with Gasteiger partial charge in [-0.2, -0.15) is 13.2 Å². The van der Waals surface area contributed by atoms with Crippen molar-refractivity contribution in [2.24, 2.45) is 5.92 Å². The highest BCUT2D eigenvalue weighted by molar-refractivity contribution is 5.90. The molecule has 9 heteroatoms. The number of urea groups is 1. The molecule has 3 aromatic carbocycles. The molecule has 1 fully saturated rings. The molecular formula is C28H27F4N3O2. The lowest BCUT2D eigenvalue weighted by Gasteiger charge is -2.37. The third kappa shape index (κ3) is 6.67. The van der Waals surface area contributed by atoms with Gasteiger partial charge in [0.1, 0.15) is 5.82 Å². The van der Waals surface area contributed by atoms with E-state index in [0.717, 1.165) is 17.7 Å². The zero-order valence-corrected chi connectivity index (χ0v) is 20.2. The van der Waals surface area contributed by atoms with Crippen molar-refractivity contribution in [3.63, 3.8) is 0 Å². The van der Waals surface area contributed by atoms with Crippen LogP contribution in [0.15, 0.2) is 72.8 Å². The van der Waals surface area contributed by atoms with Gasteiger partial charge in [0.05, 0.1) is 11.5 Å². The Morgan fingerprint density at radius 1 is 0.973 bits per heavy atom. The number of likely N-dealkylation sites (tertiary alicyclic amines) is 1. The summed E-state index contributed by atoms with van der Waals surface area (Å²) in [6.45, 7) is 2.06. The molecule has 0 unspecified atom stereocenters. The number of hydrogen-bond donors (Lipinski definition) is 2. The summed E-state index contributed by atoms with van der Waals surface area (Å²) in [7, 11) is 0. The number of carbonyl (C=O) groups is 2. The molecule has 4 rings (SSSR count). The predicted octanol–water partition coefficient (Wildman–Crippen LogP) is 6.11. The topological polar surface area (TPSA) is 61.4 Å². The SMILES string of the molecule is Cc1cc([C@H]2C[C@H](C(=O)NCc3cccc(C(F)(F)F)c3)CN(C(=O)Nc3ccccc3)C2)ccc1F. The van der Waals surface area contributed by atoms with Gasteiger partial charge >= 0.3 is 12.2 Å². The van der Waals surface area contributed by atoms with Crippen molar-refractivity contribution in [3.05, 3.63) is 101 Å². The maximum atomic E-state index is 13.9. The van der Waals surface area contributed by atoms with Gasteiger partial charge in [0.15, 0.2) is 0 Å². The Hall–Kier alpha value is -3.88. The van der Waals surface area contributed by atoms with E-state index in [1.165, 1.54) is 18.2 Å². The molecule has 0 saturated carbocycles. The van der Waals surface area contributed by atoms with Crippen LogP contribution in [0.3, 0.4) is 0 Å². The van der Waals surface area contributed by atoms with Gasteiger partial charge in [0.2, 0.25) is 5.91 Å². The highest BCUT2D eigenvalue weighted by atomic mass is 19.4. The highest BCUT2D eigenvalue weighted by Gasteiger charge is 2.35. The fourth-order valence-electron chi connectivity index (χ4n) is 4.53. The monoisotopic (exact) mass is 513 g/mol. The van der Waals surface area contributed by atoms with Crippen molar-refractivity contribution in [2.75, 3.05) is 18.4 Å². The molecule has 2 atom stereocenters. The summed E-state index contributed by atoms with van der Waals surface area (Å²) in [6.07, 6.45) is -4.06. The third-order valence-electron chi connectivity index (χ3n) is 6.51. The van der Waals surface area contributed by atoms with E-state index in [4.69, 9.17) is 0 Å². The minimum atomic E-state index is -4.48. The van der Waals surface area contributed by atoms with Gasteiger partial charge in [-0.3, -0.25) is 4.79 Å². The van der Waals surface area contributed by atoms with Gasteiger partial charge in [-0.1, -0.05) is 42.5 Å². The normalized spacial score (nSPS) is 17.8. The minimum absolute atomic E-state index is 0.0736. The first-order chi connectivity index (χ1) is 17.6. The number of para-hydroxylation sites is 1. The molecule has 0 radical (unpaired) electrons. The summed E-state index contributed by atoms with van der Waals surface area (Å²) in [6, 6.07) is 18.1. The quantitative estimate of drug-likeness (QED) is 0.405. The van der Waals surface area contributed by atoms with E-state index < -0.39 is 17.7 Å². The molecule has 1 aliphatic rings. The number of amides is 3. The maximum Gasteiger partial charge on any atom is 0.416 e. The number of hydrogen-bond acceptors (Lipinski definition) is 2. The summed E-state index contributed by atoms with van der Waals surface area (Å²) in [5, 5.41) is 5.55. The van der Waals surface area contributed by atoms with Crippen molar-refractivity contribution >= 4 is 17.6 Å². The lowest BCUT2D eigenvalue weighted by Crippen LogP contribution is -2.49. The average Bonchev–Trinajstić information content (AvgIpc) is 2.89. The number of rotatable bonds is 5. The number of piperidine rings is 1. The molecular weight excluding hydrogens is 486 g/mol. The van der Waals surface area contributed by atoms with Crippen molar-refractivity contribution in [2.45, 2.75) is 32.0 Å². The van der Waals surface area contributed by atoms with Gasteiger partial charge in [0.25, 0.3) is 0 Å². The van der Waals surface area contributed by atoms with E-state index in [2.05, 4.69) is 10.6 Å². The standard InChI is InChI=1S/C28H27F4N3O2/c1-18-12-20(10-11-25(18)29)21-14-22(17-35(16-21)27(37)34-24-8-3-2-4-9-24)26(36)33-15-19-6-5-7-23(13-19)28(30,31)32/h2-13,21-22H,14-17H2,1H3,(H,33,36)(H,34,37)/t21-,22-/m0/s1. The number of benzene rings is 3. The van der Waals surface area contributed by atoms with Crippen LogP contribution in [-0.4, -0.2) is 29.9 Å². The van der Waals surface area contributed by atoms with Crippen LogP contribution in [0.2, 0.25) is 0 Å². The first-order valence-electron chi connectivity index (χ1n) is 11.9. The van der Waals surface area contributed by atoms with Gasteiger partial charge in [0, 0.05) is 31.2 Å². The Morgan fingerprint density at radius 3 is 2.43 bits per heavy atom. The second-order valence-electron chi connectivity index (χ2n) is 9.26. The van der Waals surface area contributed by atoms with Gasteiger partial charge in [-0.15, -0.1) is 0 Å². The van der Waals surface area contributed by atoms with E-state index in [1.807, 2.05) is 6.07 Å². The molecule has 3 aromatic rings. The Morgan fingerprint density at radius 2 is 1.73 bits per heavy atom. The zero-order chi connectivity index (χ0) is 26.6. The first-order valence-corrected chi connectivity index (χ1v) is 11.9. The second-order valence-corrected chi connectivity index (χ2v) is 9.26. The summed E-state index contributed by atoms with van der Waals surface area (Å²) < 4.78 is 53.0. The Labute approximate surface area is 212 Å². The molecule has 1 aliphatic heterocycles. The van der Waals surface area contributed by atoms with Crippen LogP contribution in [-0.2, 0) is 17.5 Å². The van der Waals surface area contributed by atoms with Crippen LogP contribution >= 0.6 is 0 Å². The number of aryl methyl sites for hydroxylation is 1. The average molecular weight is 514 g/mol. The van der Waals surface area contributed by atoms with Crippen LogP contribution in [0.5, 0.6) is 0 Å². The molecule has 3 amide bonds. The number of carbonyl (C=O) groups excluding carboxylic acids is 2. The van der Waals surface area contributed by atoms with Crippen LogP contribution in [0, 0.1) is 18.7 Å². The first kappa shape index (κ1) is 26.2. The van der Waals surface area contributed by atoms with E-state index in [0.29, 0.717) is 29.8 Å². The number of halogens is 4. The lowest BCUT2D eigenvalue weighted by atomic mass is 9.83. The summed E-state index contributed by atoms with van der Waals surface area (Å²) in [4.78, 5) is 27.7. The van der Waals surface area contributed by atoms with Crippen molar-refractivity contribution in [3.8, 4) is 0 Å². The van der Waals surface area contributed by atoms with Crippen LogP contribution in [0.4, 0.5) is 28.0 Å². The van der Waals surface area contributed by atoms with Crippen LogP contribution in [0.1, 0.15) is 34.6 Å². The number of nitrogens with one attached hydrogen (secondary N) is 2. The van der Waals surface area contributed by atoms with Gasteiger partial charge < -0.3 is 15.5 Å². The highest BCUT2D eigenvalue weighted by Crippen LogP contribution is 2.32. The van der Waals surface area contributed by atoms with E-state index in [9.17, 15) is 27.2 Å². The Kier molecular flexibility index (Phi) is 7.80. The fourth-order valence-corrected chi connectivity index (χ4v) is 4.53. The Balaban J connectivity index is 1.50. The molecule has 1 heterocycles. The smallest absolute Gasteiger partial charge is 0.352 e. The molecule has 0 aromatic heterocycles. The zero-order valence-electron chi connectivity index (χ0n) is 20.2. The molecule has 1 saturated heterocycles. The third-order valence-corrected chi connectivity index (χ3v) is 6.51. The summed E-state index contributed by atoms with van der Waals surface area (Å²) in [5.41, 5.74) is 1.43. The van der Waals surface area contributed by atoms with Crippen molar-refractivity contribution in [1.29, 1.82) is 0 Å². The minimum Gasteiger partial charge on any atom is -0.352 e. The summed E-state index contributed by atoms with van der Waals surface area (Å²) in [5.74, 6) is -1.53. The van der Waals surface area contributed by atoms with Crippen molar-refractivity contribution in [1.82, 2.24) is 10.2 Å². The lowest BCUT2D eigenvalue weighted by molar-refractivity contribution is -0.137. The molecule has 2 N–H and O–H groups in total. The number of alkyl halides is 3. The molecule has 194 valence electrons. The summed E-state index contributed by atoms with van der Waals surface area (Å²) >= 11 is 0.